The molecule has 17 heteroatoms. The molecule has 1 fully saturated rings. The summed E-state index contributed by atoms with van der Waals surface area (Å²) in [5.74, 6) is 0.0317. The van der Waals surface area contributed by atoms with Gasteiger partial charge in [-0.2, -0.15) is 4.98 Å². The van der Waals surface area contributed by atoms with Gasteiger partial charge in [-0.3, -0.25) is 4.52 Å². The first-order valence-corrected chi connectivity index (χ1v) is 15.2. The fraction of sp³-hybridized carbons (Fsp3) is 0.545. The number of piperidine rings is 1. The Kier molecular flexibility index (Phi) is 10.1. The van der Waals surface area contributed by atoms with E-state index in [2.05, 4.69) is 24.8 Å². The molecule has 216 valence electrons. The number of hydrogen-bond acceptors (Lipinski definition) is 12. The molecular formula is C22H32N5O10PS. The quantitative estimate of drug-likeness (QED) is 0.322. The number of hydrogen-bond donors (Lipinski definition) is 3. The number of amides is 1. The molecule has 3 N–H and O–H groups in total. The number of rotatable bonds is 11. The van der Waals surface area contributed by atoms with Crippen molar-refractivity contribution in [3.05, 3.63) is 24.2 Å². The van der Waals surface area contributed by atoms with E-state index in [4.69, 9.17) is 24.0 Å². The van der Waals surface area contributed by atoms with E-state index in [1.54, 1.807) is 25.7 Å². The third kappa shape index (κ3) is 8.73. The van der Waals surface area contributed by atoms with Gasteiger partial charge in [-0.15, -0.1) is 0 Å². The van der Waals surface area contributed by atoms with Gasteiger partial charge in [-0.25, -0.2) is 27.7 Å². The van der Waals surface area contributed by atoms with Crippen LogP contribution < -0.4 is 14.8 Å². The number of methoxy groups -OCH3 is 1. The summed E-state index contributed by atoms with van der Waals surface area (Å²) >= 11 is 0. The molecule has 3 rings (SSSR count). The van der Waals surface area contributed by atoms with Crippen LogP contribution in [0.4, 0.5) is 16.3 Å². The van der Waals surface area contributed by atoms with Crippen molar-refractivity contribution in [2.45, 2.75) is 50.8 Å². The Morgan fingerprint density at radius 3 is 2.51 bits per heavy atom. The van der Waals surface area contributed by atoms with E-state index >= 15 is 0 Å². The number of anilines is 2. The number of pyridine rings is 1. The van der Waals surface area contributed by atoms with Gasteiger partial charge < -0.3 is 34.2 Å². The first-order valence-electron chi connectivity index (χ1n) is 12.0. The summed E-state index contributed by atoms with van der Waals surface area (Å²) in [5, 5.41) is 2.76. The number of carbonyl (C=O) groups is 1. The number of ether oxygens (including phenoxy) is 3. The van der Waals surface area contributed by atoms with Gasteiger partial charge in [-0.1, -0.05) is 0 Å². The number of likely N-dealkylation sites (tertiary alicyclic amines) is 1. The molecule has 0 atom stereocenters. The Labute approximate surface area is 226 Å². The lowest BCUT2D eigenvalue weighted by Gasteiger charge is -2.31. The predicted octanol–water partition coefficient (Wildman–Crippen LogP) is 2.20. The highest BCUT2D eigenvalue weighted by atomic mass is 32.2. The Balaban J connectivity index is 1.68. The van der Waals surface area contributed by atoms with E-state index in [1.165, 1.54) is 25.6 Å². The van der Waals surface area contributed by atoms with Gasteiger partial charge in [0.1, 0.15) is 12.4 Å². The van der Waals surface area contributed by atoms with E-state index in [-0.39, 0.29) is 40.8 Å². The zero-order chi connectivity index (χ0) is 28.8. The van der Waals surface area contributed by atoms with Crippen molar-refractivity contribution in [3.63, 3.8) is 0 Å². The van der Waals surface area contributed by atoms with Crippen molar-refractivity contribution < 1.29 is 46.3 Å². The van der Waals surface area contributed by atoms with E-state index in [0.717, 1.165) is 0 Å². The standard InChI is InChI=1S/C22H32N5O10PS/c1-14(2)36-22(28)27-9-7-16(8-10-27)37-21-19(34-4)20(23-13-24-21)26-17-5-6-18(25-15(17)3)39(32,33)12-11-35-38(29,30)31/h5-6,13-14,16H,7-12H2,1-4H3,(H,23,24,26)(H2,29,30,31). The number of aromatic nitrogens is 3. The molecule has 0 saturated carbocycles. The molecule has 1 aliphatic rings. The Hall–Kier alpha value is -3.04. The molecule has 0 bridgehead atoms. The van der Waals surface area contributed by atoms with Crippen LogP contribution in [0.2, 0.25) is 0 Å². The number of aryl methyl sites for hydroxylation is 1. The maximum absolute atomic E-state index is 12.5. The molecule has 0 aliphatic carbocycles. The zero-order valence-corrected chi connectivity index (χ0v) is 23.6. The summed E-state index contributed by atoms with van der Waals surface area (Å²) in [6.07, 6.45) is 1.66. The summed E-state index contributed by atoms with van der Waals surface area (Å²) in [6.45, 7) is 5.43. The van der Waals surface area contributed by atoms with Gasteiger partial charge in [0.2, 0.25) is 5.75 Å². The molecule has 0 aromatic carbocycles. The fourth-order valence-corrected chi connectivity index (χ4v) is 5.16. The first-order chi connectivity index (χ1) is 18.3. The zero-order valence-electron chi connectivity index (χ0n) is 21.9. The highest BCUT2D eigenvalue weighted by molar-refractivity contribution is 7.91. The predicted molar refractivity (Wildman–Crippen MR) is 138 cm³/mol. The fourth-order valence-electron chi connectivity index (χ4n) is 3.65. The van der Waals surface area contributed by atoms with E-state index in [9.17, 15) is 17.8 Å². The number of nitrogens with zero attached hydrogens (tertiary/aromatic N) is 4. The van der Waals surface area contributed by atoms with Crippen molar-refractivity contribution in [2.75, 3.05) is 37.9 Å². The molecule has 2 aromatic rings. The van der Waals surface area contributed by atoms with Gasteiger partial charge in [0.25, 0.3) is 5.88 Å². The summed E-state index contributed by atoms with van der Waals surface area (Å²) in [6, 6.07) is 2.73. The highest BCUT2D eigenvalue weighted by Crippen LogP contribution is 2.36. The summed E-state index contributed by atoms with van der Waals surface area (Å²) in [5.41, 5.74) is 0.746. The molecule has 1 aliphatic heterocycles. The van der Waals surface area contributed by atoms with E-state index < -0.39 is 30.0 Å². The lowest BCUT2D eigenvalue weighted by molar-refractivity contribution is 0.0500. The van der Waals surface area contributed by atoms with Crippen LogP contribution in [0.1, 0.15) is 32.4 Å². The molecule has 1 saturated heterocycles. The molecule has 2 aromatic heterocycles. The minimum atomic E-state index is -4.79. The first kappa shape index (κ1) is 30.5. The molecule has 0 unspecified atom stereocenters. The van der Waals surface area contributed by atoms with Crippen LogP contribution in [0.25, 0.3) is 0 Å². The molecule has 39 heavy (non-hydrogen) atoms. The van der Waals surface area contributed by atoms with Crippen molar-refractivity contribution in [1.29, 1.82) is 0 Å². The van der Waals surface area contributed by atoms with Crippen LogP contribution in [0.3, 0.4) is 0 Å². The van der Waals surface area contributed by atoms with Crippen LogP contribution in [-0.2, 0) is 23.7 Å². The van der Waals surface area contributed by atoms with Crippen LogP contribution in [-0.4, -0.2) is 88.9 Å². The topological polar surface area (TPSA) is 200 Å². The largest absolute Gasteiger partial charge is 0.489 e. The molecule has 1 amide bonds. The third-order valence-electron chi connectivity index (χ3n) is 5.53. The number of phosphoric ester groups is 1. The summed E-state index contributed by atoms with van der Waals surface area (Å²) < 4.78 is 56.8. The second kappa shape index (κ2) is 12.9. The van der Waals surface area contributed by atoms with Gasteiger partial charge in [-0.05, 0) is 32.9 Å². The normalized spacial score (nSPS) is 14.8. The van der Waals surface area contributed by atoms with Crippen LogP contribution in [0, 0.1) is 6.92 Å². The van der Waals surface area contributed by atoms with E-state index in [1.807, 2.05) is 0 Å². The average Bonchev–Trinajstić information content (AvgIpc) is 2.84. The lowest BCUT2D eigenvalue weighted by Crippen LogP contribution is -2.42. The SMILES string of the molecule is COc1c(Nc2ccc(S(=O)(=O)CCOP(=O)(O)O)nc2C)ncnc1OC1CCN(C(=O)OC(C)C)CC1. The second-order valence-corrected chi connectivity index (χ2v) is 12.1. The third-order valence-corrected chi connectivity index (χ3v) is 7.62. The van der Waals surface area contributed by atoms with Crippen LogP contribution in [0.5, 0.6) is 11.6 Å². The van der Waals surface area contributed by atoms with Crippen molar-refractivity contribution >= 4 is 35.3 Å². The van der Waals surface area contributed by atoms with Crippen molar-refractivity contribution in [3.8, 4) is 11.6 Å². The Morgan fingerprint density at radius 2 is 1.92 bits per heavy atom. The van der Waals surface area contributed by atoms with Gasteiger partial charge in [0.15, 0.2) is 20.7 Å². The summed E-state index contributed by atoms with van der Waals surface area (Å²) in [4.78, 5) is 43.7. The average molecular weight is 590 g/mol. The van der Waals surface area contributed by atoms with Crippen LogP contribution in [0.15, 0.2) is 23.5 Å². The van der Waals surface area contributed by atoms with E-state index in [0.29, 0.717) is 37.3 Å². The molecule has 15 nitrogen and oxygen atoms in total. The van der Waals surface area contributed by atoms with Crippen LogP contribution >= 0.6 is 7.82 Å². The number of sulfone groups is 1. The smallest absolute Gasteiger partial charge is 0.469 e. The maximum atomic E-state index is 12.5. The van der Waals surface area contributed by atoms with Gasteiger partial charge >= 0.3 is 13.9 Å². The minimum absolute atomic E-state index is 0.197. The second-order valence-electron chi connectivity index (χ2n) is 8.85. The van der Waals surface area contributed by atoms with Gasteiger partial charge in [0.05, 0.1) is 37.0 Å². The Bertz CT molecular complexity index is 1310. The number of nitrogens with one attached hydrogen (secondary N) is 1. The molecule has 3 heterocycles. The monoisotopic (exact) mass is 589 g/mol. The summed E-state index contributed by atoms with van der Waals surface area (Å²) in [7, 11) is -7.31. The van der Waals surface area contributed by atoms with Crippen molar-refractivity contribution in [2.24, 2.45) is 0 Å². The number of phosphoric acid groups is 1. The molecule has 0 radical (unpaired) electrons. The molecular weight excluding hydrogens is 557 g/mol. The molecule has 0 spiro atoms. The lowest BCUT2D eigenvalue weighted by atomic mass is 10.1. The Morgan fingerprint density at radius 1 is 1.23 bits per heavy atom. The van der Waals surface area contributed by atoms with Gasteiger partial charge in [0, 0.05) is 25.9 Å². The number of carbonyl (C=O) groups excluding carboxylic acids is 1. The van der Waals surface area contributed by atoms with Crippen molar-refractivity contribution in [1.82, 2.24) is 19.9 Å². The maximum Gasteiger partial charge on any atom is 0.469 e. The highest BCUT2D eigenvalue weighted by Gasteiger charge is 2.27. The minimum Gasteiger partial charge on any atom is -0.489 e.